The zero-order chi connectivity index (χ0) is 30.6. The first-order valence-electron chi connectivity index (χ1n) is 16.0. The van der Waals surface area contributed by atoms with Gasteiger partial charge < -0.3 is 14.4 Å². The van der Waals surface area contributed by atoms with Gasteiger partial charge in [0, 0.05) is 17.7 Å². The predicted octanol–water partition coefficient (Wildman–Crippen LogP) is 10.2. The SMILES string of the molecule is CCCCCCCCCCCOc1ccc(-c2ccc(OC(=O)c3ccc4c(c3)C(=S)N(C[C@@H](C)CC)C4=S)cc2)cc1. The first kappa shape index (κ1) is 32.8. The fourth-order valence-corrected chi connectivity index (χ4v) is 5.99. The second kappa shape index (κ2) is 16.7. The van der Waals surface area contributed by atoms with Crippen molar-refractivity contribution in [1.29, 1.82) is 0 Å². The molecule has 0 spiro atoms. The van der Waals surface area contributed by atoms with E-state index in [-0.39, 0.29) is 0 Å². The van der Waals surface area contributed by atoms with Gasteiger partial charge in [-0.15, -0.1) is 0 Å². The van der Waals surface area contributed by atoms with Crippen LogP contribution in [0.1, 0.15) is 106 Å². The number of unbranched alkanes of at least 4 members (excludes halogenated alkanes) is 8. The summed E-state index contributed by atoms with van der Waals surface area (Å²) in [7, 11) is 0. The zero-order valence-corrected chi connectivity index (χ0v) is 27.5. The van der Waals surface area contributed by atoms with E-state index in [9.17, 15) is 4.79 Å². The summed E-state index contributed by atoms with van der Waals surface area (Å²) >= 11 is 11.4. The fraction of sp³-hybridized carbons (Fsp3) is 0.432. The molecule has 43 heavy (non-hydrogen) atoms. The summed E-state index contributed by atoms with van der Waals surface area (Å²) in [5, 5.41) is 0. The molecule has 4 rings (SSSR count). The highest BCUT2D eigenvalue weighted by Gasteiger charge is 2.31. The first-order valence-corrected chi connectivity index (χ1v) is 16.8. The third kappa shape index (κ3) is 9.20. The molecule has 6 heteroatoms. The molecule has 1 heterocycles. The number of hydrogen-bond acceptors (Lipinski definition) is 5. The van der Waals surface area contributed by atoms with Crippen molar-refractivity contribution in [2.24, 2.45) is 5.92 Å². The van der Waals surface area contributed by atoms with Crippen molar-refractivity contribution in [3.8, 4) is 22.6 Å². The lowest BCUT2D eigenvalue weighted by molar-refractivity contribution is 0.0734. The lowest BCUT2D eigenvalue weighted by atomic mass is 10.1. The van der Waals surface area contributed by atoms with Crippen LogP contribution in [0.3, 0.4) is 0 Å². The zero-order valence-electron chi connectivity index (χ0n) is 25.9. The van der Waals surface area contributed by atoms with Crippen LogP contribution in [0.25, 0.3) is 11.1 Å². The smallest absolute Gasteiger partial charge is 0.343 e. The van der Waals surface area contributed by atoms with Crippen LogP contribution in [-0.2, 0) is 0 Å². The molecule has 0 bridgehead atoms. The van der Waals surface area contributed by atoms with E-state index in [0.29, 0.717) is 22.2 Å². The summed E-state index contributed by atoms with van der Waals surface area (Å²) in [6.07, 6.45) is 12.8. The number of esters is 1. The van der Waals surface area contributed by atoms with Crippen LogP contribution in [0, 0.1) is 5.92 Å². The van der Waals surface area contributed by atoms with E-state index in [0.717, 1.165) is 59.0 Å². The molecule has 0 aromatic heterocycles. The van der Waals surface area contributed by atoms with E-state index in [2.05, 4.69) is 32.9 Å². The Labute approximate surface area is 268 Å². The summed E-state index contributed by atoms with van der Waals surface area (Å²) in [6, 6.07) is 21.2. The van der Waals surface area contributed by atoms with Crippen molar-refractivity contribution in [2.75, 3.05) is 13.2 Å². The van der Waals surface area contributed by atoms with Crippen LogP contribution in [0.2, 0.25) is 0 Å². The van der Waals surface area contributed by atoms with Gasteiger partial charge in [0.2, 0.25) is 0 Å². The molecule has 0 aliphatic carbocycles. The summed E-state index contributed by atoms with van der Waals surface area (Å²) in [5.74, 6) is 1.44. The summed E-state index contributed by atoms with van der Waals surface area (Å²) in [6.45, 7) is 8.15. The van der Waals surface area contributed by atoms with Gasteiger partial charge in [0.25, 0.3) is 0 Å². The van der Waals surface area contributed by atoms with Crippen molar-refractivity contribution < 1.29 is 14.3 Å². The average Bonchev–Trinajstić information content (AvgIpc) is 3.26. The Hall–Kier alpha value is -3.09. The largest absolute Gasteiger partial charge is 0.494 e. The number of carbonyl (C=O) groups is 1. The number of nitrogens with zero attached hydrogens (tertiary/aromatic N) is 1. The molecular weight excluding hydrogens is 571 g/mol. The maximum Gasteiger partial charge on any atom is 0.343 e. The van der Waals surface area contributed by atoms with Crippen LogP contribution >= 0.6 is 24.4 Å². The molecular formula is C37H45NO3S2. The maximum absolute atomic E-state index is 13.0. The van der Waals surface area contributed by atoms with Gasteiger partial charge in [-0.05, 0) is 59.9 Å². The van der Waals surface area contributed by atoms with Gasteiger partial charge in [-0.2, -0.15) is 0 Å². The fourth-order valence-electron chi connectivity index (χ4n) is 5.25. The molecule has 0 amide bonds. The van der Waals surface area contributed by atoms with Gasteiger partial charge in [0.05, 0.1) is 12.2 Å². The van der Waals surface area contributed by atoms with Crippen molar-refractivity contribution in [2.45, 2.75) is 85.0 Å². The van der Waals surface area contributed by atoms with Crippen molar-refractivity contribution in [3.05, 3.63) is 83.4 Å². The van der Waals surface area contributed by atoms with Gasteiger partial charge in [-0.1, -0.05) is 133 Å². The van der Waals surface area contributed by atoms with E-state index < -0.39 is 5.97 Å². The topological polar surface area (TPSA) is 38.8 Å². The van der Waals surface area contributed by atoms with Crippen LogP contribution in [-0.4, -0.2) is 34.0 Å². The van der Waals surface area contributed by atoms with E-state index in [1.54, 1.807) is 12.1 Å². The Kier molecular flexibility index (Phi) is 12.7. The van der Waals surface area contributed by atoms with Crippen molar-refractivity contribution in [3.63, 3.8) is 0 Å². The highest BCUT2D eigenvalue weighted by atomic mass is 32.1. The maximum atomic E-state index is 13.0. The van der Waals surface area contributed by atoms with Crippen molar-refractivity contribution in [1.82, 2.24) is 4.90 Å². The molecule has 3 aromatic rings. The minimum atomic E-state index is -0.418. The van der Waals surface area contributed by atoms with Gasteiger partial charge in [-0.25, -0.2) is 4.79 Å². The van der Waals surface area contributed by atoms with E-state index in [1.807, 2.05) is 47.4 Å². The minimum Gasteiger partial charge on any atom is -0.494 e. The minimum absolute atomic E-state index is 0.418. The first-order chi connectivity index (χ1) is 20.9. The molecule has 0 fully saturated rings. The molecule has 0 N–H and O–H groups in total. The molecule has 0 saturated carbocycles. The lowest BCUT2D eigenvalue weighted by Gasteiger charge is -2.21. The molecule has 1 aliphatic heterocycles. The number of benzene rings is 3. The van der Waals surface area contributed by atoms with E-state index in [1.165, 1.54) is 51.4 Å². The second-order valence-corrected chi connectivity index (χ2v) is 12.4. The van der Waals surface area contributed by atoms with E-state index >= 15 is 0 Å². The van der Waals surface area contributed by atoms with Crippen LogP contribution < -0.4 is 9.47 Å². The van der Waals surface area contributed by atoms with Gasteiger partial charge in [0.1, 0.15) is 21.5 Å². The van der Waals surface area contributed by atoms with E-state index in [4.69, 9.17) is 33.9 Å². The molecule has 1 atom stereocenters. The molecule has 228 valence electrons. The number of carbonyl (C=O) groups excluding carboxylic acids is 1. The third-order valence-electron chi connectivity index (χ3n) is 8.17. The summed E-state index contributed by atoms with van der Waals surface area (Å²) in [5.41, 5.74) is 4.32. The average molecular weight is 616 g/mol. The number of ether oxygens (including phenoxy) is 2. The van der Waals surface area contributed by atoms with Gasteiger partial charge in [-0.3, -0.25) is 0 Å². The number of hydrogen-bond donors (Lipinski definition) is 0. The molecule has 1 aliphatic rings. The quantitative estimate of drug-likeness (QED) is 0.0651. The highest BCUT2D eigenvalue weighted by Crippen LogP contribution is 2.29. The van der Waals surface area contributed by atoms with Crippen LogP contribution in [0.4, 0.5) is 0 Å². The number of rotatable bonds is 17. The second-order valence-electron chi connectivity index (χ2n) is 11.6. The number of fused-ring (bicyclic) bond motifs is 1. The van der Waals surface area contributed by atoms with Gasteiger partial charge in [0.15, 0.2) is 0 Å². The van der Waals surface area contributed by atoms with Gasteiger partial charge >= 0.3 is 5.97 Å². The Morgan fingerprint density at radius 1 is 0.721 bits per heavy atom. The Balaban J connectivity index is 1.24. The number of thiocarbonyl (C=S) groups is 2. The predicted molar refractivity (Wildman–Crippen MR) is 186 cm³/mol. The Morgan fingerprint density at radius 2 is 1.28 bits per heavy atom. The molecule has 0 unspecified atom stereocenters. The molecule has 0 radical (unpaired) electrons. The van der Waals surface area contributed by atoms with Crippen LogP contribution in [0.5, 0.6) is 11.5 Å². The Morgan fingerprint density at radius 3 is 1.88 bits per heavy atom. The normalized spacial score (nSPS) is 13.2. The van der Waals surface area contributed by atoms with Crippen molar-refractivity contribution >= 4 is 40.4 Å². The summed E-state index contributed by atoms with van der Waals surface area (Å²) in [4.78, 5) is 16.4. The Bertz CT molecular complexity index is 1370. The lowest BCUT2D eigenvalue weighted by Crippen LogP contribution is -2.32. The summed E-state index contributed by atoms with van der Waals surface area (Å²) < 4.78 is 11.6. The highest BCUT2D eigenvalue weighted by molar-refractivity contribution is 7.82. The molecule has 3 aromatic carbocycles. The molecule has 4 nitrogen and oxygen atoms in total. The third-order valence-corrected chi connectivity index (χ3v) is 9.05. The standard InChI is InChI=1S/C37H45NO3S2/c1-4-6-7-8-9-10-11-12-13-24-40-31-19-14-28(15-20-31)29-16-21-32(22-17-29)41-37(39)30-18-23-33-34(25-30)36(43)38(35(33)42)26-27(3)5-2/h14-23,25,27H,4-13,24,26H2,1-3H3/t27-/m0/s1. The van der Waals surface area contributed by atoms with Crippen LogP contribution in [0.15, 0.2) is 66.7 Å². The monoisotopic (exact) mass is 615 g/mol. The molecule has 0 saturated heterocycles.